The van der Waals surface area contributed by atoms with Crippen LogP contribution in [0.25, 0.3) is 0 Å². The van der Waals surface area contributed by atoms with Crippen molar-refractivity contribution in [2.24, 2.45) is 4.99 Å². The van der Waals surface area contributed by atoms with E-state index in [4.69, 9.17) is 19.2 Å². The topological polar surface area (TPSA) is 67.4 Å². The maximum absolute atomic E-state index is 5.65. The normalized spacial score (nSPS) is 16.8. The third-order valence-electron chi connectivity index (χ3n) is 5.13. The molecule has 1 atom stereocenters. The van der Waals surface area contributed by atoms with Crippen LogP contribution in [-0.4, -0.2) is 57.4 Å². The Morgan fingerprint density at radius 1 is 1.12 bits per heavy atom. The molecule has 1 unspecified atom stereocenters. The molecule has 176 valence electrons. The highest BCUT2D eigenvalue weighted by molar-refractivity contribution is 14.0. The third kappa shape index (κ3) is 7.83. The fourth-order valence-corrected chi connectivity index (χ4v) is 3.65. The number of ether oxygens (including phenoxy) is 3. The molecule has 1 fully saturated rings. The molecule has 1 saturated heterocycles. The van der Waals surface area contributed by atoms with Gasteiger partial charge in [-0.25, -0.2) is 4.99 Å². The summed E-state index contributed by atoms with van der Waals surface area (Å²) in [5, 5.41) is 6.64. The number of hydrogen-bond donors (Lipinski definition) is 2. The molecular formula is C24H35IN4O3. The van der Waals surface area contributed by atoms with Gasteiger partial charge in [-0.05, 0) is 37.1 Å². The van der Waals surface area contributed by atoms with Crippen LogP contribution in [0.2, 0.25) is 0 Å². The summed E-state index contributed by atoms with van der Waals surface area (Å²) in [5.41, 5.74) is 3.37. The average Bonchev–Trinajstić information content (AvgIpc) is 2.78. The van der Waals surface area contributed by atoms with Gasteiger partial charge in [0.25, 0.3) is 0 Å². The van der Waals surface area contributed by atoms with Gasteiger partial charge in [0, 0.05) is 37.9 Å². The van der Waals surface area contributed by atoms with Crippen molar-refractivity contribution in [2.75, 3.05) is 45.8 Å². The molecule has 0 saturated carbocycles. The van der Waals surface area contributed by atoms with Crippen molar-refractivity contribution in [3.05, 3.63) is 53.6 Å². The second-order valence-electron chi connectivity index (χ2n) is 7.63. The van der Waals surface area contributed by atoms with Crippen molar-refractivity contribution in [2.45, 2.75) is 33.0 Å². The Labute approximate surface area is 208 Å². The van der Waals surface area contributed by atoms with Crippen LogP contribution >= 0.6 is 24.0 Å². The predicted molar refractivity (Wildman–Crippen MR) is 141 cm³/mol. The first-order valence-corrected chi connectivity index (χ1v) is 10.8. The highest BCUT2D eigenvalue weighted by Gasteiger charge is 2.16. The zero-order valence-electron chi connectivity index (χ0n) is 19.4. The van der Waals surface area contributed by atoms with Crippen LogP contribution in [0.4, 0.5) is 5.69 Å². The van der Waals surface area contributed by atoms with Gasteiger partial charge in [-0.15, -0.1) is 24.0 Å². The van der Waals surface area contributed by atoms with E-state index in [1.54, 1.807) is 14.2 Å². The van der Waals surface area contributed by atoms with Crippen LogP contribution in [0.3, 0.4) is 0 Å². The molecule has 0 bridgehead atoms. The number of hydrogen-bond acceptors (Lipinski definition) is 5. The molecule has 2 aromatic rings. The first-order valence-electron chi connectivity index (χ1n) is 10.8. The molecule has 1 aliphatic heterocycles. The van der Waals surface area contributed by atoms with Gasteiger partial charge in [0.05, 0.1) is 33.5 Å². The van der Waals surface area contributed by atoms with E-state index in [1.807, 2.05) is 18.2 Å². The van der Waals surface area contributed by atoms with Gasteiger partial charge in [0.15, 0.2) is 17.5 Å². The monoisotopic (exact) mass is 554 g/mol. The summed E-state index contributed by atoms with van der Waals surface area (Å²) in [5.74, 6) is 2.09. The average molecular weight is 554 g/mol. The molecular weight excluding hydrogens is 519 g/mol. The van der Waals surface area contributed by atoms with Gasteiger partial charge in [0.1, 0.15) is 0 Å². The number of morpholine rings is 1. The number of methoxy groups -OCH3 is 2. The molecule has 0 spiro atoms. The fourth-order valence-electron chi connectivity index (χ4n) is 3.65. The molecule has 1 heterocycles. The van der Waals surface area contributed by atoms with E-state index in [2.05, 4.69) is 53.6 Å². The van der Waals surface area contributed by atoms with E-state index in [0.29, 0.717) is 24.1 Å². The summed E-state index contributed by atoms with van der Waals surface area (Å²) in [4.78, 5) is 7.21. The minimum atomic E-state index is 0. The van der Waals surface area contributed by atoms with E-state index >= 15 is 0 Å². The number of guanidine groups is 1. The minimum absolute atomic E-state index is 0. The lowest BCUT2D eigenvalue weighted by Crippen LogP contribution is -2.40. The first-order chi connectivity index (χ1) is 15.1. The zero-order valence-corrected chi connectivity index (χ0v) is 21.7. The molecule has 8 heteroatoms. The van der Waals surface area contributed by atoms with Gasteiger partial charge < -0.3 is 24.8 Å². The smallest absolute Gasteiger partial charge is 0.196 e. The van der Waals surface area contributed by atoms with Crippen molar-refractivity contribution < 1.29 is 14.2 Å². The standard InChI is InChI=1S/C24H34N4O3.HI/c1-5-25-24(27-21-9-10-22(29-3)23(14-21)30-4)26-15-19-7-6-8-20(13-19)17-28-11-12-31-18(2)16-28;/h6-10,13-14,18H,5,11-12,15-17H2,1-4H3,(H2,25,26,27);1H. The zero-order chi connectivity index (χ0) is 22.1. The molecule has 0 amide bonds. The summed E-state index contributed by atoms with van der Waals surface area (Å²) < 4.78 is 16.3. The van der Waals surface area contributed by atoms with Crippen LogP contribution in [0.1, 0.15) is 25.0 Å². The van der Waals surface area contributed by atoms with E-state index in [9.17, 15) is 0 Å². The maximum atomic E-state index is 5.65. The van der Waals surface area contributed by atoms with Gasteiger partial charge in [-0.3, -0.25) is 4.90 Å². The summed E-state index contributed by atoms with van der Waals surface area (Å²) in [6, 6.07) is 14.4. The Kier molecular flexibility index (Phi) is 11.1. The first kappa shape index (κ1) is 26.2. The predicted octanol–water partition coefficient (Wildman–Crippen LogP) is 4.12. The molecule has 3 rings (SSSR count). The Morgan fingerprint density at radius 3 is 2.62 bits per heavy atom. The SMILES string of the molecule is CCNC(=NCc1cccc(CN2CCOC(C)C2)c1)Nc1ccc(OC)c(OC)c1.I. The van der Waals surface area contributed by atoms with Crippen molar-refractivity contribution in [1.82, 2.24) is 10.2 Å². The van der Waals surface area contributed by atoms with Crippen LogP contribution < -0.4 is 20.1 Å². The number of nitrogens with one attached hydrogen (secondary N) is 2. The highest BCUT2D eigenvalue weighted by Crippen LogP contribution is 2.29. The molecule has 0 aromatic heterocycles. The van der Waals surface area contributed by atoms with Crippen LogP contribution in [0.5, 0.6) is 11.5 Å². The van der Waals surface area contributed by atoms with Gasteiger partial charge in [-0.2, -0.15) is 0 Å². The number of benzene rings is 2. The highest BCUT2D eigenvalue weighted by atomic mass is 127. The Morgan fingerprint density at radius 2 is 1.91 bits per heavy atom. The summed E-state index contributed by atoms with van der Waals surface area (Å²) in [6.07, 6.45) is 0.298. The third-order valence-corrected chi connectivity index (χ3v) is 5.13. The van der Waals surface area contributed by atoms with Crippen molar-refractivity contribution >= 4 is 35.6 Å². The van der Waals surface area contributed by atoms with Crippen molar-refractivity contribution in [3.8, 4) is 11.5 Å². The summed E-state index contributed by atoms with van der Waals surface area (Å²) in [7, 11) is 3.26. The van der Waals surface area contributed by atoms with Crippen LogP contribution in [0, 0.1) is 0 Å². The van der Waals surface area contributed by atoms with E-state index in [-0.39, 0.29) is 24.0 Å². The van der Waals surface area contributed by atoms with Gasteiger partial charge >= 0.3 is 0 Å². The lowest BCUT2D eigenvalue weighted by molar-refractivity contribution is -0.0212. The summed E-state index contributed by atoms with van der Waals surface area (Å²) in [6.45, 7) is 9.24. The molecule has 1 aliphatic rings. The molecule has 0 aliphatic carbocycles. The lowest BCUT2D eigenvalue weighted by Gasteiger charge is -2.31. The lowest BCUT2D eigenvalue weighted by atomic mass is 10.1. The minimum Gasteiger partial charge on any atom is -0.493 e. The van der Waals surface area contributed by atoms with Crippen molar-refractivity contribution in [1.29, 1.82) is 0 Å². The van der Waals surface area contributed by atoms with Crippen LogP contribution in [-0.2, 0) is 17.8 Å². The van der Waals surface area contributed by atoms with Crippen molar-refractivity contribution in [3.63, 3.8) is 0 Å². The van der Waals surface area contributed by atoms with E-state index in [0.717, 1.165) is 44.4 Å². The molecule has 2 N–H and O–H groups in total. The largest absolute Gasteiger partial charge is 0.493 e. The second-order valence-corrected chi connectivity index (χ2v) is 7.63. The maximum Gasteiger partial charge on any atom is 0.196 e. The van der Waals surface area contributed by atoms with E-state index in [1.165, 1.54) is 11.1 Å². The molecule has 7 nitrogen and oxygen atoms in total. The van der Waals surface area contributed by atoms with E-state index < -0.39 is 0 Å². The number of nitrogens with zero attached hydrogens (tertiary/aromatic N) is 2. The molecule has 2 aromatic carbocycles. The quantitative estimate of drug-likeness (QED) is 0.291. The Bertz CT molecular complexity index is 878. The van der Waals surface area contributed by atoms with Gasteiger partial charge in [0.2, 0.25) is 0 Å². The molecule has 32 heavy (non-hydrogen) atoms. The van der Waals surface area contributed by atoms with Gasteiger partial charge in [-0.1, -0.05) is 24.3 Å². The number of anilines is 1. The fraction of sp³-hybridized carbons (Fsp3) is 0.458. The Hall–Kier alpha value is -2.04. The van der Waals surface area contributed by atoms with Crippen LogP contribution in [0.15, 0.2) is 47.5 Å². The second kappa shape index (κ2) is 13.5. The summed E-state index contributed by atoms with van der Waals surface area (Å²) >= 11 is 0. The molecule has 0 radical (unpaired) electrons. The number of rotatable bonds is 8. The Balaban J connectivity index is 0.00000363. The number of halogens is 1. The number of aliphatic imine (C=N–C) groups is 1.